The number of aryl methyl sites for hydroxylation is 1. The molecular formula is C22H34O6. The van der Waals surface area contributed by atoms with E-state index >= 15 is 0 Å². The van der Waals surface area contributed by atoms with Gasteiger partial charge in [-0.3, -0.25) is 9.59 Å². The van der Waals surface area contributed by atoms with Crippen molar-refractivity contribution >= 4 is 11.9 Å². The molecule has 0 aliphatic rings. The van der Waals surface area contributed by atoms with Crippen LogP contribution in [0.1, 0.15) is 77.3 Å². The molecule has 0 aliphatic heterocycles. The maximum atomic E-state index is 11.2. The fourth-order valence-corrected chi connectivity index (χ4v) is 3.14. The summed E-state index contributed by atoms with van der Waals surface area (Å²) in [4.78, 5) is 22.4. The second kappa shape index (κ2) is 9.80. The first kappa shape index (κ1) is 23.8. The molecule has 0 saturated carbocycles. The number of rotatable bonds is 12. The molecule has 6 heteroatoms. The van der Waals surface area contributed by atoms with E-state index in [1.54, 1.807) is 33.8 Å². The first-order valence-corrected chi connectivity index (χ1v) is 9.88. The Hall–Kier alpha value is -2.24. The zero-order valence-electron chi connectivity index (χ0n) is 17.4. The van der Waals surface area contributed by atoms with Crippen LogP contribution in [0.3, 0.4) is 0 Å². The van der Waals surface area contributed by atoms with Gasteiger partial charge in [0.1, 0.15) is 0 Å². The van der Waals surface area contributed by atoms with Crippen LogP contribution in [0.5, 0.6) is 11.5 Å². The van der Waals surface area contributed by atoms with Crippen molar-refractivity contribution in [2.24, 2.45) is 10.8 Å². The smallest absolute Gasteiger partial charge is 0.309 e. The predicted molar refractivity (Wildman–Crippen MR) is 108 cm³/mol. The van der Waals surface area contributed by atoms with Crippen molar-refractivity contribution in [2.75, 3.05) is 0 Å². The number of phenols is 2. The Morgan fingerprint density at radius 1 is 0.786 bits per heavy atom. The monoisotopic (exact) mass is 394 g/mol. The highest BCUT2D eigenvalue weighted by atomic mass is 16.4. The van der Waals surface area contributed by atoms with Gasteiger partial charge in [-0.05, 0) is 77.8 Å². The van der Waals surface area contributed by atoms with Gasteiger partial charge in [-0.25, -0.2) is 0 Å². The minimum Gasteiger partial charge on any atom is -0.504 e. The first-order valence-electron chi connectivity index (χ1n) is 9.88. The molecule has 0 atom stereocenters. The van der Waals surface area contributed by atoms with Crippen LogP contribution in [-0.2, 0) is 22.4 Å². The van der Waals surface area contributed by atoms with Crippen LogP contribution >= 0.6 is 0 Å². The SMILES string of the molecule is CC(C)(CCCCc1ccc(O)c(O)c1CCCCC(C)(C)C(=O)O)C(=O)O. The summed E-state index contributed by atoms with van der Waals surface area (Å²) in [6.07, 6.45) is 5.35. The van der Waals surface area contributed by atoms with Crippen molar-refractivity contribution in [3.05, 3.63) is 23.3 Å². The molecule has 28 heavy (non-hydrogen) atoms. The molecule has 0 saturated heterocycles. The normalized spacial score (nSPS) is 12.1. The lowest BCUT2D eigenvalue weighted by atomic mass is 9.85. The van der Waals surface area contributed by atoms with Gasteiger partial charge in [0.15, 0.2) is 11.5 Å². The Morgan fingerprint density at radius 2 is 1.25 bits per heavy atom. The molecule has 0 radical (unpaired) electrons. The zero-order valence-corrected chi connectivity index (χ0v) is 17.4. The number of aromatic hydroxyl groups is 2. The van der Waals surface area contributed by atoms with Gasteiger partial charge < -0.3 is 20.4 Å². The van der Waals surface area contributed by atoms with E-state index in [1.807, 2.05) is 0 Å². The maximum Gasteiger partial charge on any atom is 0.309 e. The average Bonchev–Trinajstić information content (AvgIpc) is 2.59. The van der Waals surface area contributed by atoms with Crippen LogP contribution in [-0.4, -0.2) is 32.4 Å². The van der Waals surface area contributed by atoms with Crippen LogP contribution in [0.2, 0.25) is 0 Å². The number of hydrogen-bond donors (Lipinski definition) is 4. The van der Waals surface area contributed by atoms with E-state index in [4.69, 9.17) is 0 Å². The van der Waals surface area contributed by atoms with Crippen molar-refractivity contribution in [1.82, 2.24) is 0 Å². The fourth-order valence-electron chi connectivity index (χ4n) is 3.14. The van der Waals surface area contributed by atoms with E-state index < -0.39 is 22.8 Å². The summed E-state index contributed by atoms with van der Waals surface area (Å²) < 4.78 is 0. The molecule has 0 unspecified atom stereocenters. The van der Waals surface area contributed by atoms with Gasteiger partial charge in [-0.1, -0.05) is 18.9 Å². The van der Waals surface area contributed by atoms with Crippen LogP contribution < -0.4 is 0 Å². The number of carbonyl (C=O) groups is 2. The highest BCUT2D eigenvalue weighted by Gasteiger charge is 2.27. The average molecular weight is 395 g/mol. The highest BCUT2D eigenvalue weighted by Crippen LogP contribution is 2.34. The van der Waals surface area contributed by atoms with E-state index in [1.165, 1.54) is 6.07 Å². The number of aliphatic carboxylic acids is 2. The molecule has 4 N–H and O–H groups in total. The molecule has 0 aliphatic carbocycles. The number of hydrogen-bond acceptors (Lipinski definition) is 4. The Balaban J connectivity index is 2.67. The Bertz CT molecular complexity index is 691. The lowest BCUT2D eigenvalue weighted by molar-refractivity contribution is -0.148. The van der Waals surface area contributed by atoms with Crippen molar-refractivity contribution in [3.63, 3.8) is 0 Å². The molecule has 1 rings (SSSR count). The Labute approximate surface area is 167 Å². The van der Waals surface area contributed by atoms with Crippen LogP contribution in [0.15, 0.2) is 12.1 Å². The minimum absolute atomic E-state index is 0.110. The molecule has 1 aromatic rings. The third-order valence-electron chi connectivity index (χ3n) is 5.49. The summed E-state index contributed by atoms with van der Waals surface area (Å²) in [5.41, 5.74) is 0.115. The molecule has 0 aromatic heterocycles. The van der Waals surface area contributed by atoms with Gasteiger partial charge in [0, 0.05) is 5.56 Å². The van der Waals surface area contributed by atoms with Gasteiger partial charge in [0.25, 0.3) is 0 Å². The molecule has 0 bridgehead atoms. The first-order chi connectivity index (χ1) is 12.9. The molecule has 1 aromatic carbocycles. The van der Waals surface area contributed by atoms with E-state index in [-0.39, 0.29) is 11.5 Å². The number of phenolic OH excluding ortho intramolecular Hbond substituents is 2. The summed E-state index contributed by atoms with van der Waals surface area (Å²) in [6.45, 7) is 6.83. The van der Waals surface area contributed by atoms with Gasteiger partial charge in [0.05, 0.1) is 10.8 Å². The summed E-state index contributed by atoms with van der Waals surface area (Å²) in [6, 6.07) is 3.27. The lowest BCUT2D eigenvalue weighted by Gasteiger charge is -2.20. The largest absolute Gasteiger partial charge is 0.504 e. The number of benzene rings is 1. The van der Waals surface area contributed by atoms with Gasteiger partial charge >= 0.3 is 11.9 Å². The Kier molecular flexibility index (Phi) is 8.33. The van der Waals surface area contributed by atoms with E-state index in [0.717, 1.165) is 18.4 Å². The fraction of sp³-hybridized carbons (Fsp3) is 0.636. The quantitative estimate of drug-likeness (QED) is 0.300. The molecule has 0 heterocycles. The number of unbranched alkanes of at least 4 members (excludes halogenated alkanes) is 2. The molecule has 0 spiro atoms. The molecular weight excluding hydrogens is 360 g/mol. The molecule has 0 fully saturated rings. The summed E-state index contributed by atoms with van der Waals surface area (Å²) >= 11 is 0. The predicted octanol–water partition coefficient (Wildman–Crippen LogP) is 4.75. The highest BCUT2D eigenvalue weighted by molar-refractivity contribution is 5.73. The molecule has 0 amide bonds. The van der Waals surface area contributed by atoms with Crippen molar-refractivity contribution in [1.29, 1.82) is 0 Å². The van der Waals surface area contributed by atoms with Crippen LogP contribution in [0.4, 0.5) is 0 Å². The second-order valence-corrected chi connectivity index (χ2v) is 8.86. The van der Waals surface area contributed by atoms with Crippen LogP contribution in [0, 0.1) is 10.8 Å². The standard InChI is InChI=1S/C22H34O6/c1-21(2,19(25)26)13-7-5-9-15-11-12-17(23)18(24)16(15)10-6-8-14-22(3,4)20(27)28/h11-12,23-24H,5-10,13-14H2,1-4H3,(H,25,26)(H,27,28). The third kappa shape index (κ3) is 6.73. The van der Waals surface area contributed by atoms with E-state index in [2.05, 4.69) is 0 Å². The Morgan fingerprint density at radius 3 is 1.71 bits per heavy atom. The van der Waals surface area contributed by atoms with Gasteiger partial charge in [-0.15, -0.1) is 0 Å². The number of carboxylic acid groups (broad SMARTS) is 2. The minimum atomic E-state index is -0.822. The topological polar surface area (TPSA) is 115 Å². The zero-order chi connectivity index (χ0) is 21.5. The van der Waals surface area contributed by atoms with Gasteiger partial charge in [0.2, 0.25) is 0 Å². The summed E-state index contributed by atoms with van der Waals surface area (Å²) in [5.74, 6) is -1.89. The van der Waals surface area contributed by atoms with Crippen molar-refractivity contribution in [3.8, 4) is 11.5 Å². The van der Waals surface area contributed by atoms with E-state index in [0.29, 0.717) is 44.1 Å². The summed E-state index contributed by atoms with van der Waals surface area (Å²) in [5, 5.41) is 38.5. The summed E-state index contributed by atoms with van der Waals surface area (Å²) in [7, 11) is 0. The third-order valence-corrected chi connectivity index (χ3v) is 5.49. The van der Waals surface area contributed by atoms with Crippen LogP contribution in [0.25, 0.3) is 0 Å². The second-order valence-electron chi connectivity index (χ2n) is 8.86. The van der Waals surface area contributed by atoms with Gasteiger partial charge in [-0.2, -0.15) is 0 Å². The maximum absolute atomic E-state index is 11.2. The molecule has 6 nitrogen and oxygen atoms in total. The lowest BCUT2D eigenvalue weighted by Crippen LogP contribution is -2.23. The molecule has 158 valence electrons. The van der Waals surface area contributed by atoms with Crippen molar-refractivity contribution < 1.29 is 30.0 Å². The number of carboxylic acids is 2. The van der Waals surface area contributed by atoms with E-state index in [9.17, 15) is 30.0 Å². The van der Waals surface area contributed by atoms with Crippen molar-refractivity contribution in [2.45, 2.75) is 79.1 Å².